The van der Waals surface area contributed by atoms with E-state index in [9.17, 15) is 0 Å². The summed E-state index contributed by atoms with van der Waals surface area (Å²) in [6, 6.07) is 15.7. The Labute approximate surface area is 167 Å². The van der Waals surface area contributed by atoms with Crippen LogP contribution in [0.15, 0.2) is 58.9 Å². The molecule has 27 heavy (non-hydrogen) atoms. The Hall–Kier alpha value is -2.28. The van der Waals surface area contributed by atoms with Gasteiger partial charge in [-0.3, -0.25) is 0 Å². The van der Waals surface area contributed by atoms with Crippen molar-refractivity contribution >= 4 is 28.6 Å². The second-order valence-electron chi connectivity index (χ2n) is 6.07. The number of morpholine rings is 1. The summed E-state index contributed by atoms with van der Waals surface area (Å²) in [5.41, 5.74) is 3.00. The lowest BCUT2D eigenvalue weighted by molar-refractivity contribution is 0.111. The number of hydrogen-bond donors (Lipinski definition) is 0. The van der Waals surface area contributed by atoms with E-state index in [4.69, 9.17) is 26.1 Å². The van der Waals surface area contributed by atoms with Crippen molar-refractivity contribution < 1.29 is 9.47 Å². The van der Waals surface area contributed by atoms with E-state index >= 15 is 0 Å². The lowest BCUT2D eigenvalue weighted by Crippen LogP contribution is -2.48. The summed E-state index contributed by atoms with van der Waals surface area (Å²) < 4.78 is 13.2. The Morgan fingerprint density at radius 1 is 1.07 bits per heavy atom. The van der Waals surface area contributed by atoms with Crippen molar-refractivity contribution in [1.82, 2.24) is 4.68 Å². The molecule has 0 unspecified atom stereocenters. The molecule has 7 heteroatoms. The quantitative estimate of drug-likeness (QED) is 0.661. The van der Waals surface area contributed by atoms with Crippen molar-refractivity contribution in [2.45, 2.75) is 0 Å². The highest BCUT2D eigenvalue weighted by atomic mass is 35.5. The molecule has 5 nitrogen and oxygen atoms in total. The van der Waals surface area contributed by atoms with Gasteiger partial charge < -0.3 is 14.5 Å². The fourth-order valence-electron chi connectivity index (χ4n) is 3.05. The molecule has 3 aromatic rings. The van der Waals surface area contributed by atoms with Gasteiger partial charge in [0.05, 0.1) is 39.1 Å². The molecule has 0 aliphatic carbocycles. The third-order valence-corrected chi connectivity index (χ3v) is 5.47. The van der Waals surface area contributed by atoms with E-state index in [1.54, 1.807) is 18.4 Å². The van der Waals surface area contributed by atoms with Crippen molar-refractivity contribution in [1.29, 1.82) is 0 Å². The summed E-state index contributed by atoms with van der Waals surface area (Å²) in [6.45, 7) is 3.04. The second kappa shape index (κ2) is 8.17. The maximum atomic E-state index is 6.07. The maximum absolute atomic E-state index is 6.07. The summed E-state index contributed by atoms with van der Waals surface area (Å²) >= 11 is 7.68. The topological polar surface area (TPSA) is 39.0 Å². The lowest BCUT2D eigenvalue weighted by atomic mass is 10.2. The highest BCUT2D eigenvalue weighted by Crippen LogP contribution is 2.27. The van der Waals surface area contributed by atoms with Crippen LogP contribution in [0.2, 0.25) is 5.02 Å². The van der Waals surface area contributed by atoms with Gasteiger partial charge in [-0.2, -0.15) is 0 Å². The molecule has 2 heterocycles. The fraction of sp³-hybridized carbons (Fsp3) is 0.250. The van der Waals surface area contributed by atoms with Gasteiger partial charge in [0.15, 0.2) is 0 Å². The Bertz CT molecular complexity index is 975. The van der Waals surface area contributed by atoms with E-state index in [2.05, 4.69) is 15.1 Å². The van der Waals surface area contributed by atoms with Gasteiger partial charge in [-0.15, -0.1) is 11.3 Å². The molecule has 0 spiro atoms. The predicted octanol–water partition coefficient (Wildman–Crippen LogP) is 4.08. The second-order valence-corrected chi connectivity index (χ2v) is 7.34. The number of thiazole rings is 1. The van der Waals surface area contributed by atoms with Gasteiger partial charge >= 0.3 is 0 Å². The molecule has 0 saturated carbocycles. The molecule has 1 saturated heterocycles. The Morgan fingerprint density at radius 3 is 2.56 bits per heavy atom. The van der Waals surface area contributed by atoms with Gasteiger partial charge in [0.1, 0.15) is 11.4 Å². The van der Waals surface area contributed by atoms with Crippen molar-refractivity contribution in [3.05, 3.63) is 63.7 Å². The first-order valence-electron chi connectivity index (χ1n) is 8.73. The number of ether oxygens (including phenoxy) is 2. The normalized spacial score (nSPS) is 15.2. The predicted molar refractivity (Wildman–Crippen MR) is 110 cm³/mol. The molecule has 1 aromatic heterocycles. The molecule has 0 atom stereocenters. The standard InChI is InChI=1S/C20H20ClN3O2S/c1-25-19-5-3-2-4-17(19)22-20-24(23-10-12-26-13-11-23)18(14-27-20)15-6-8-16(21)9-7-15/h2-9,14H,10-13H2,1H3. The molecule has 0 bridgehead atoms. The monoisotopic (exact) mass is 401 g/mol. The Kier molecular flexibility index (Phi) is 5.48. The van der Waals surface area contributed by atoms with Crippen molar-refractivity contribution in [3.63, 3.8) is 0 Å². The van der Waals surface area contributed by atoms with E-state index in [0.29, 0.717) is 13.2 Å². The largest absolute Gasteiger partial charge is 0.494 e. The first-order valence-corrected chi connectivity index (χ1v) is 9.99. The number of benzene rings is 2. The zero-order chi connectivity index (χ0) is 18.6. The van der Waals surface area contributed by atoms with Crippen molar-refractivity contribution in [2.24, 2.45) is 4.99 Å². The zero-order valence-corrected chi connectivity index (χ0v) is 16.5. The third-order valence-electron chi connectivity index (χ3n) is 4.40. The highest BCUT2D eigenvalue weighted by Gasteiger charge is 2.17. The number of rotatable bonds is 4. The van der Waals surface area contributed by atoms with E-state index in [1.165, 1.54) is 0 Å². The number of halogens is 1. The van der Waals surface area contributed by atoms with Crippen LogP contribution in [0.1, 0.15) is 0 Å². The van der Waals surface area contributed by atoms with Gasteiger partial charge in [0.25, 0.3) is 0 Å². The minimum atomic E-state index is 0.705. The summed E-state index contributed by atoms with van der Waals surface area (Å²) in [7, 11) is 1.66. The minimum Gasteiger partial charge on any atom is -0.494 e. The van der Waals surface area contributed by atoms with Crippen LogP contribution >= 0.6 is 22.9 Å². The molecule has 0 radical (unpaired) electrons. The van der Waals surface area contributed by atoms with Crippen molar-refractivity contribution in [3.8, 4) is 17.0 Å². The van der Waals surface area contributed by atoms with Gasteiger partial charge in [0.2, 0.25) is 4.80 Å². The van der Waals surface area contributed by atoms with Crippen LogP contribution in [0.3, 0.4) is 0 Å². The SMILES string of the molecule is COc1ccccc1N=c1scc(-c2ccc(Cl)cc2)n1N1CCOCC1. The average molecular weight is 402 g/mol. The van der Waals surface area contributed by atoms with Gasteiger partial charge in [-0.05, 0) is 24.3 Å². The molecule has 140 valence electrons. The van der Waals surface area contributed by atoms with Crippen LogP contribution in [0.25, 0.3) is 11.3 Å². The smallest absolute Gasteiger partial charge is 0.209 e. The highest BCUT2D eigenvalue weighted by molar-refractivity contribution is 7.07. The molecule has 0 N–H and O–H groups in total. The number of aromatic nitrogens is 1. The Balaban J connectivity index is 1.86. The van der Waals surface area contributed by atoms with Crippen LogP contribution in [0.4, 0.5) is 5.69 Å². The van der Waals surface area contributed by atoms with Gasteiger partial charge in [0, 0.05) is 16.0 Å². The fourth-order valence-corrected chi connectivity index (χ4v) is 4.09. The van der Waals surface area contributed by atoms with E-state index in [1.807, 2.05) is 48.5 Å². The summed E-state index contributed by atoms with van der Waals surface area (Å²) in [5.74, 6) is 0.757. The van der Waals surface area contributed by atoms with E-state index in [0.717, 1.165) is 45.6 Å². The van der Waals surface area contributed by atoms with Crippen LogP contribution in [-0.4, -0.2) is 38.1 Å². The summed E-state index contributed by atoms with van der Waals surface area (Å²) in [5, 5.41) is 5.14. The number of nitrogens with zero attached hydrogens (tertiary/aromatic N) is 3. The molecule has 1 aliphatic heterocycles. The summed E-state index contributed by atoms with van der Waals surface area (Å²) in [4.78, 5) is 5.79. The molecule has 1 aliphatic rings. The lowest BCUT2D eigenvalue weighted by Gasteiger charge is -2.31. The van der Waals surface area contributed by atoms with Crippen LogP contribution in [-0.2, 0) is 4.74 Å². The Morgan fingerprint density at radius 2 is 1.81 bits per heavy atom. The first-order chi connectivity index (χ1) is 13.3. The van der Waals surface area contributed by atoms with E-state index < -0.39 is 0 Å². The van der Waals surface area contributed by atoms with Crippen molar-refractivity contribution in [2.75, 3.05) is 38.4 Å². The van der Waals surface area contributed by atoms with Crippen LogP contribution in [0, 0.1) is 0 Å². The average Bonchev–Trinajstić information content (AvgIpc) is 3.13. The number of para-hydroxylation sites is 2. The van der Waals surface area contributed by atoms with Crippen LogP contribution < -0.4 is 14.5 Å². The molecule has 1 fully saturated rings. The maximum Gasteiger partial charge on any atom is 0.209 e. The molecular formula is C20H20ClN3O2S. The third kappa shape index (κ3) is 3.88. The van der Waals surface area contributed by atoms with E-state index in [-0.39, 0.29) is 0 Å². The number of methoxy groups -OCH3 is 1. The summed E-state index contributed by atoms with van der Waals surface area (Å²) in [6.07, 6.45) is 0. The molecule has 4 rings (SSSR count). The molecule has 2 aromatic carbocycles. The van der Waals surface area contributed by atoms with Gasteiger partial charge in [-0.25, -0.2) is 9.67 Å². The van der Waals surface area contributed by atoms with Crippen LogP contribution in [0.5, 0.6) is 5.75 Å². The number of hydrogen-bond acceptors (Lipinski definition) is 5. The molecule has 0 amide bonds. The zero-order valence-electron chi connectivity index (χ0n) is 15.0. The van der Waals surface area contributed by atoms with Gasteiger partial charge in [-0.1, -0.05) is 35.9 Å². The first kappa shape index (κ1) is 18.1. The molecular weight excluding hydrogens is 382 g/mol. The minimum absolute atomic E-state index is 0.705.